The second-order valence-corrected chi connectivity index (χ2v) is 3.93. The van der Waals surface area contributed by atoms with Gasteiger partial charge >= 0.3 is 0 Å². The van der Waals surface area contributed by atoms with Gasteiger partial charge in [0.15, 0.2) is 0 Å². The van der Waals surface area contributed by atoms with Gasteiger partial charge in [-0.2, -0.15) is 0 Å². The second-order valence-electron chi connectivity index (χ2n) is 2.99. The molecule has 0 spiro atoms. The number of nitrogens with one attached hydrogen (secondary N) is 1. The number of aryl methyl sites for hydroxylation is 1. The Labute approximate surface area is 87.0 Å². The van der Waals surface area contributed by atoms with E-state index in [9.17, 15) is 4.79 Å². The highest BCUT2D eigenvalue weighted by atomic mass is 32.1. The molecule has 1 rings (SSSR count). The molecule has 0 unspecified atom stereocenters. The lowest BCUT2D eigenvalue weighted by molar-refractivity contribution is -0.120. The molecule has 1 aromatic heterocycles. The van der Waals surface area contributed by atoms with Crippen LogP contribution in [0.3, 0.4) is 0 Å². The van der Waals surface area contributed by atoms with Crippen LogP contribution >= 0.6 is 11.3 Å². The maximum absolute atomic E-state index is 11.3. The number of carbonyl (C=O) groups is 1. The molecule has 0 atom stereocenters. The van der Waals surface area contributed by atoms with Gasteiger partial charge in [-0.3, -0.25) is 4.79 Å². The molecule has 14 heavy (non-hydrogen) atoms. The first-order chi connectivity index (χ1) is 6.72. The lowest BCUT2D eigenvalue weighted by atomic mass is 10.4. The van der Waals surface area contributed by atoms with Gasteiger partial charge in [0.05, 0.1) is 6.42 Å². The largest absolute Gasteiger partial charge is 0.396 e. The van der Waals surface area contributed by atoms with Crippen LogP contribution in [0.25, 0.3) is 0 Å². The molecule has 0 aliphatic rings. The molecule has 0 saturated heterocycles. The van der Waals surface area contributed by atoms with Crippen molar-refractivity contribution in [3.8, 4) is 0 Å². The number of thiazole rings is 1. The van der Waals surface area contributed by atoms with Crippen LogP contribution in [-0.2, 0) is 11.2 Å². The van der Waals surface area contributed by atoms with Gasteiger partial charge in [0.25, 0.3) is 0 Å². The molecule has 4 nitrogen and oxygen atoms in total. The molecule has 5 heteroatoms. The number of carbonyl (C=O) groups excluding carboxylic acids is 1. The van der Waals surface area contributed by atoms with Crippen LogP contribution in [0.15, 0.2) is 5.38 Å². The first-order valence-corrected chi connectivity index (χ1v) is 5.39. The van der Waals surface area contributed by atoms with Gasteiger partial charge < -0.3 is 10.4 Å². The Bertz CT molecular complexity index is 299. The summed E-state index contributed by atoms with van der Waals surface area (Å²) in [5.74, 6) is -0.0344. The van der Waals surface area contributed by atoms with Crippen molar-refractivity contribution < 1.29 is 9.90 Å². The third kappa shape index (κ3) is 3.85. The smallest absolute Gasteiger partial charge is 0.226 e. The fourth-order valence-electron chi connectivity index (χ4n) is 0.991. The Kier molecular flexibility index (Phi) is 4.55. The van der Waals surface area contributed by atoms with Gasteiger partial charge in [0, 0.05) is 24.2 Å². The minimum atomic E-state index is -0.0344. The van der Waals surface area contributed by atoms with E-state index in [4.69, 9.17) is 5.11 Å². The molecule has 0 aliphatic carbocycles. The summed E-state index contributed by atoms with van der Waals surface area (Å²) in [7, 11) is 0. The van der Waals surface area contributed by atoms with Crippen LogP contribution in [0, 0.1) is 6.92 Å². The van der Waals surface area contributed by atoms with Crippen LogP contribution in [0.1, 0.15) is 17.1 Å². The average Bonchev–Trinajstić information content (AvgIpc) is 2.52. The molecule has 0 aliphatic heterocycles. The van der Waals surface area contributed by atoms with Gasteiger partial charge in [-0.15, -0.1) is 11.3 Å². The number of amides is 1. The number of nitrogens with zero attached hydrogens (tertiary/aromatic N) is 1. The number of aliphatic hydroxyl groups is 1. The Morgan fingerprint density at radius 3 is 3.07 bits per heavy atom. The second kappa shape index (κ2) is 5.72. The van der Waals surface area contributed by atoms with E-state index in [-0.39, 0.29) is 12.5 Å². The van der Waals surface area contributed by atoms with Crippen LogP contribution < -0.4 is 5.32 Å². The van der Waals surface area contributed by atoms with Crippen LogP contribution in [-0.4, -0.2) is 29.1 Å². The Hall–Kier alpha value is -0.940. The predicted molar refractivity (Wildman–Crippen MR) is 55.3 cm³/mol. The zero-order valence-corrected chi connectivity index (χ0v) is 8.93. The summed E-state index contributed by atoms with van der Waals surface area (Å²) in [4.78, 5) is 15.5. The van der Waals surface area contributed by atoms with Crippen LogP contribution in [0.4, 0.5) is 0 Å². The van der Waals surface area contributed by atoms with Gasteiger partial charge in [0.1, 0.15) is 5.01 Å². The zero-order chi connectivity index (χ0) is 10.4. The van der Waals surface area contributed by atoms with Crippen molar-refractivity contribution in [2.45, 2.75) is 19.8 Å². The summed E-state index contributed by atoms with van der Waals surface area (Å²) >= 11 is 1.50. The monoisotopic (exact) mass is 214 g/mol. The SMILES string of the molecule is Cc1csc(CC(=O)NCCCO)n1. The van der Waals surface area contributed by atoms with Crippen molar-refractivity contribution in [1.82, 2.24) is 10.3 Å². The fourth-order valence-corrected chi connectivity index (χ4v) is 1.76. The number of hydrogen-bond acceptors (Lipinski definition) is 4. The number of rotatable bonds is 5. The van der Waals surface area contributed by atoms with E-state index < -0.39 is 0 Å². The molecule has 1 amide bonds. The summed E-state index contributed by atoms with van der Waals surface area (Å²) in [6, 6.07) is 0. The molecule has 2 N–H and O–H groups in total. The number of aliphatic hydroxyl groups excluding tert-OH is 1. The Morgan fingerprint density at radius 1 is 1.71 bits per heavy atom. The minimum absolute atomic E-state index is 0.0344. The standard InChI is InChI=1S/C9H14N2O2S/c1-7-6-14-9(11-7)5-8(13)10-3-2-4-12/h6,12H,2-5H2,1H3,(H,10,13). The highest BCUT2D eigenvalue weighted by Gasteiger charge is 2.05. The molecular formula is C9H14N2O2S. The average molecular weight is 214 g/mol. The van der Waals surface area contributed by atoms with Crippen molar-refractivity contribution in [3.05, 3.63) is 16.1 Å². The van der Waals surface area contributed by atoms with Crippen LogP contribution in [0.5, 0.6) is 0 Å². The highest BCUT2D eigenvalue weighted by Crippen LogP contribution is 2.08. The summed E-state index contributed by atoms with van der Waals surface area (Å²) in [6.07, 6.45) is 0.937. The third-order valence-corrected chi connectivity index (χ3v) is 2.60. The molecule has 78 valence electrons. The Morgan fingerprint density at radius 2 is 2.50 bits per heavy atom. The normalized spacial score (nSPS) is 10.1. The molecule has 1 aromatic rings. The quantitative estimate of drug-likeness (QED) is 0.701. The highest BCUT2D eigenvalue weighted by molar-refractivity contribution is 7.09. The fraction of sp³-hybridized carbons (Fsp3) is 0.556. The predicted octanol–water partition coefficient (Wildman–Crippen LogP) is 0.493. The lowest BCUT2D eigenvalue weighted by Crippen LogP contribution is -2.26. The number of aromatic nitrogens is 1. The lowest BCUT2D eigenvalue weighted by Gasteiger charge is -2.01. The van der Waals surface area contributed by atoms with E-state index in [0.717, 1.165) is 10.7 Å². The summed E-state index contributed by atoms with van der Waals surface area (Å²) in [5.41, 5.74) is 0.952. The van der Waals surface area contributed by atoms with Gasteiger partial charge in [-0.05, 0) is 13.3 Å². The summed E-state index contributed by atoms with van der Waals surface area (Å²) in [6.45, 7) is 2.54. The van der Waals surface area contributed by atoms with E-state index in [2.05, 4.69) is 10.3 Å². The molecular weight excluding hydrogens is 200 g/mol. The Balaban J connectivity index is 2.27. The zero-order valence-electron chi connectivity index (χ0n) is 8.12. The van der Waals surface area contributed by atoms with Crippen LogP contribution in [0.2, 0.25) is 0 Å². The molecule has 0 fully saturated rings. The maximum atomic E-state index is 11.3. The van der Waals surface area contributed by atoms with Crippen molar-refractivity contribution in [2.24, 2.45) is 0 Å². The molecule has 0 bridgehead atoms. The molecule has 0 aromatic carbocycles. The third-order valence-electron chi connectivity index (χ3n) is 1.64. The van der Waals surface area contributed by atoms with Gasteiger partial charge in [0.2, 0.25) is 5.91 Å². The topological polar surface area (TPSA) is 62.2 Å². The van der Waals surface area contributed by atoms with Crippen molar-refractivity contribution >= 4 is 17.2 Å². The van der Waals surface area contributed by atoms with Crippen molar-refractivity contribution in [2.75, 3.05) is 13.2 Å². The van der Waals surface area contributed by atoms with E-state index in [0.29, 0.717) is 19.4 Å². The van der Waals surface area contributed by atoms with Crippen molar-refractivity contribution in [1.29, 1.82) is 0 Å². The summed E-state index contributed by atoms with van der Waals surface area (Å²) < 4.78 is 0. The first-order valence-electron chi connectivity index (χ1n) is 4.51. The molecule has 0 radical (unpaired) electrons. The minimum Gasteiger partial charge on any atom is -0.396 e. The first kappa shape index (κ1) is 11.1. The van der Waals surface area contributed by atoms with Gasteiger partial charge in [-0.1, -0.05) is 0 Å². The maximum Gasteiger partial charge on any atom is 0.226 e. The van der Waals surface area contributed by atoms with E-state index >= 15 is 0 Å². The van der Waals surface area contributed by atoms with E-state index in [1.807, 2.05) is 12.3 Å². The summed E-state index contributed by atoms with van der Waals surface area (Å²) in [5, 5.41) is 14.0. The number of hydrogen-bond donors (Lipinski definition) is 2. The van der Waals surface area contributed by atoms with E-state index in [1.54, 1.807) is 0 Å². The van der Waals surface area contributed by atoms with Crippen molar-refractivity contribution in [3.63, 3.8) is 0 Å². The van der Waals surface area contributed by atoms with Gasteiger partial charge in [-0.25, -0.2) is 4.98 Å². The molecule has 0 saturated carbocycles. The van der Waals surface area contributed by atoms with E-state index in [1.165, 1.54) is 11.3 Å². The molecule has 1 heterocycles.